The van der Waals surface area contributed by atoms with Crippen molar-refractivity contribution in [2.45, 2.75) is 12.8 Å². The maximum atomic E-state index is 9.67. The van der Waals surface area contributed by atoms with Gasteiger partial charge >= 0.3 is 0 Å². The largest absolute Gasteiger partial charge is 0.508 e. The van der Waals surface area contributed by atoms with E-state index in [-0.39, 0.29) is 5.75 Å². The third-order valence-corrected chi connectivity index (χ3v) is 3.18. The summed E-state index contributed by atoms with van der Waals surface area (Å²) in [6.45, 7) is 0. The van der Waals surface area contributed by atoms with Crippen molar-refractivity contribution < 1.29 is 14.6 Å². The van der Waals surface area contributed by atoms with E-state index in [1.54, 1.807) is 19.2 Å². The van der Waals surface area contributed by atoms with Crippen molar-refractivity contribution >= 4 is 0 Å². The zero-order chi connectivity index (χ0) is 12.5. The maximum Gasteiger partial charge on any atom is 0.172 e. The lowest BCUT2D eigenvalue weighted by Gasteiger charge is -2.13. The highest BCUT2D eigenvalue weighted by Gasteiger charge is 2.19. The molecular formula is C15H14O3. The van der Waals surface area contributed by atoms with Gasteiger partial charge in [0, 0.05) is 11.6 Å². The summed E-state index contributed by atoms with van der Waals surface area (Å²) in [7, 11) is 1.58. The normalized spacial score (nSPS) is 12.9. The molecule has 0 atom stereocenters. The van der Waals surface area contributed by atoms with Crippen LogP contribution in [0.1, 0.15) is 11.1 Å². The van der Waals surface area contributed by atoms with Crippen LogP contribution in [0.4, 0.5) is 0 Å². The molecule has 1 N–H and O–H groups in total. The lowest BCUT2D eigenvalue weighted by Crippen LogP contribution is -1.93. The molecule has 1 aliphatic rings. The summed E-state index contributed by atoms with van der Waals surface area (Å²) in [6.07, 6.45) is 1.73. The second-order valence-electron chi connectivity index (χ2n) is 4.35. The average Bonchev–Trinajstić information content (AvgIpc) is 2.57. The van der Waals surface area contributed by atoms with Gasteiger partial charge in [0.05, 0.1) is 7.11 Å². The van der Waals surface area contributed by atoms with Gasteiger partial charge in [-0.1, -0.05) is 18.2 Å². The Hall–Kier alpha value is -2.16. The first kappa shape index (κ1) is 11.0. The first-order chi connectivity index (χ1) is 8.78. The van der Waals surface area contributed by atoms with E-state index in [1.807, 2.05) is 18.2 Å². The fraction of sp³-hybridized carbons (Fsp3) is 0.200. The molecule has 1 aliphatic heterocycles. The van der Waals surface area contributed by atoms with Gasteiger partial charge in [-0.05, 0) is 30.5 Å². The molecule has 3 rings (SSSR count). The number of para-hydroxylation sites is 1. The van der Waals surface area contributed by atoms with Gasteiger partial charge < -0.3 is 14.6 Å². The van der Waals surface area contributed by atoms with E-state index < -0.39 is 0 Å². The topological polar surface area (TPSA) is 38.7 Å². The van der Waals surface area contributed by atoms with Crippen LogP contribution in [-0.4, -0.2) is 12.2 Å². The number of ether oxygens (including phenoxy) is 2. The number of fused-ring (bicyclic) bond motifs is 2. The summed E-state index contributed by atoms with van der Waals surface area (Å²) in [6, 6.07) is 11.3. The zero-order valence-corrected chi connectivity index (χ0v) is 10.1. The molecule has 0 spiro atoms. The third-order valence-electron chi connectivity index (χ3n) is 3.18. The molecule has 2 aromatic carbocycles. The van der Waals surface area contributed by atoms with Crippen LogP contribution in [0.2, 0.25) is 0 Å². The van der Waals surface area contributed by atoms with Crippen molar-refractivity contribution in [3.8, 4) is 23.0 Å². The molecule has 3 heteroatoms. The van der Waals surface area contributed by atoms with E-state index in [0.29, 0.717) is 11.5 Å². The van der Waals surface area contributed by atoms with Crippen molar-refractivity contribution in [2.75, 3.05) is 7.11 Å². The number of aryl methyl sites for hydroxylation is 2. The van der Waals surface area contributed by atoms with Crippen LogP contribution in [-0.2, 0) is 12.8 Å². The van der Waals surface area contributed by atoms with Gasteiger partial charge in [0.2, 0.25) is 0 Å². The minimum absolute atomic E-state index is 0.208. The van der Waals surface area contributed by atoms with Crippen molar-refractivity contribution in [3.05, 3.63) is 47.5 Å². The predicted molar refractivity (Wildman–Crippen MR) is 68.6 cm³/mol. The zero-order valence-electron chi connectivity index (χ0n) is 10.1. The number of phenols is 1. The summed E-state index contributed by atoms with van der Waals surface area (Å²) in [5.74, 6) is 2.35. The van der Waals surface area contributed by atoms with E-state index in [2.05, 4.69) is 6.07 Å². The smallest absolute Gasteiger partial charge is 0.172 e. The fourth-order valence-corrected chi connectivity index (χ4v) is 2.29. The van der Waals surface area contributed by atoms with Crippen LogP contribution in [0.5, 0.6) is 23.0 Å². The highest BCUT2D eigenvalue weighted by atomic mass is 16.5. The quantitative estimate of drug-likeness (QED) is 0.834. The fourth-order valence-electron chi connectivity index (χ4n) is 2.29. The molecule has 0 aromatic heterocycles. The van der Waals surface area contributed by atoms with Gasteiger partial charge in [-0.25, -0.2) is 0 Å². The second-order valence-corrected chi connectivity index (χ2v) is 4.35. The first-order valence-electron chi connectivity index (χ1n) is 5.93. The lowest BCUT2D eigenvalue weighted by atomic mass is 10.0. The Morgan fingerprint density at radius 1 is 1.11 bits per heavy atom. The standard InChI is InChI=1S/C15H14O3/c1-17-14-9-12(16)8-11-7-6-10-4-2-3-5-13(10)18-15(11)14/h2-5,8-9,16H,6-7H2,1H3. The Bertz CT molecular complexity index is 590. The van der Waals surface area contributed by atoms with Crippen LogP contribution < -0.4 is 9.47 Å². The molecule has 0 saturated heterocycles. The maximum absolute atomic E-state index is 9.67. The SMILES string of the molecule is COc1cc(O)cc2c1Oc1ccccc1CC2. The molecule has 2 aromatic rings. The van der Waals surface area contributed by atoms with Gasteiger partial charge in [0.1, 0.15) is 11.5 Å². The number of phenolic OH excluding ortho intramolecular Hbond substituents is 1. The molecule has 92 valence electrons. The van der Waals surface area contributed by atoms with Gasteiger partial charge in [-0.3, -0.25) is 0 Å². The Labute approximate surface area is 106 Å². The Morgan fingerprint density at radius 3 is 2.72 bits per heavy atom. The summed E-state index contributed by atoms with van der Waals surface area (Å²) >= 11 is 0. The summed E-state index contributed by atoms with van der Waals surface area (Å²) in [5.41, 5.74) is 2.15. The van der Waals surface area contributed by atoms with Gasteiger partial charge in [-0.15, -0.1) is 0 Å². The summed E-state index contributed by atoms with van der Waals surface area (Å²) in [4.78, 5) is 0. The Morgan fingerprint density at radius 2 is 1.89 bits per heavy atom. The van der Waals surface area contributed by atoms with E-state index in [0.717, 1.165) is 24.2 Å². The number of methoxy groups -OCH3 is 1. The number of rotatable bonds is 1. The van der Waals surface area contributed by atoms with Gasteiger partial charge in [0.25, 0.3) is 0 Å². The van der Waals surface area contributed by atoms with Crippen LogP contribution in [0, 0.1) is 0 Å². The minimum Gasteiger partial charge on any atom is -0.508 e. The third kappa shape index (κ3) is 1.78. The molecule has 0 unspecified atom stereocenters. The molecule has 0 fully saturated rings. The molecule has 18 heavy (non-hydrogen) atoms. The van der Waals surface area contributed by atoms with Crippen molar-refractivity contribution in [1.29, 1.82) is 0 Å². The van der Waals surface area contributed by atoms with E-state index in [4.69, 9.17) is 9.47 Å². The monoisotopic (exact) mass is 242 g/mol. The molecule has 0 aliphatic carbocycles. The van der Waals surface area contributed by atoms with Crippen molar-refractivity contribution in [2.24, 2.45) is 0 Å². The Kier molecular flexibility index (Phi) is 2.59. The van der Waals surface area contributed by atoms with E-state index >= 15 is 0 Å². The first-order valence-corrected chi connectivity index (χ1v) is 5.93. The van der Waals surface area contributed by atoms with E-state index in [1.165, 1.54) is 5.56 Å². The molecule has 0 amide bonds. The molecular weight excluding hydrogens is 228 g/mol. The minimum atomic E-state index is 0.208. The van der Waals surface area contributed by atoms with Gasteiger partial charge in [-0.2, -0.15) is 0 Å². The van der Waals surface area contributed by atoms with Crippen molar-refractivity contribution in [1.82, 2.24) is 0 Å². The molecule has 1 heterocycles. The van der Waals surface area contributed by atoms with E-state index in [9.17, 15) is 5.11 Å². The summed E-state index contributed by atoms with van der Waals surface area (Å²) in [5, 5.41) is 9.67. The summed E-state index contributed by atoms with van der Waals surface area (Å²) < 4.78 is 11.2. The highest BCUT2D eigenvalue weighted by Crippen LogP contribution is 2.42. The molecule has 3 nitrogen and oxygen atoms in total. The number of aromatic hydroxyl groups is 1. The number of hydrogen-bond donors (Lipinski definition) is 1. The number of hydrogen-bond acceptors (Lipinski definition) is 3. The van der Waals surface area contributed by atoms with Crippen LogP contribution in [0.3, 0.4) is 0 Å². The highest BCUT2D eigenvalue weighted by molar-refractivity contribution is 5.55. The van der Waals surface area contributed by atoms with Crippen LogP contribution >= 0.6 is 0 Å². The Balaban J connectivity index is 2.13. The molecule has 0 saturated carbocycles. The predicted octanol–water partition coefficient (Wildman–Crippen LogP) is 3.29. The molecule has 0 radical (unpaired) electrons. The van der Waals surface area contributed by atoms with Crippen molar-refractivity contribution in [3.63, 3.8) is 0 Å². The van der Waals surface area contributed by atoms with Crippen LogP contribution in [0.15, 0.2) is 36.4 Å². The number of benzene rings is 2. The average molecular weight is 242 g/mol. The lowest BCUT2D eigenvalue weighted by molar-refractivity contribution is 0.372. The molecule has 0 bridgehead atoms. The van der Waals surface area contributed by atoms with Crippen LogP contribution in [0.25, 0.3) is 0 Å². The second kappa shape index (κ2) is 4.26. The van der Waals surface area contributed by atoms with Gasteiger partial charge in [0.15, 0.2) is 11.5 Å².